The highest BCUT2D eigenvalue weighted by Gasteiger charge is 2.54. The second kappa shape index (κ2) is 14.1. The smallest absolute Gasteiger partial charge is 0.164 e. The highest BCUT2D eigenvalue weighted by molar-refractivity contribution is 6.01. The number of fused-ring (bicyclic) bond motifs is 12. The summed E-state index contributed by atoms with van der Waals surface area (Å²) in [6.07, 6.45) is 0. The number of hydrogen-bond acceptors (Lipinski definition) is 6. The number of hydrogen-bond donors (Lipinski definition) is 0. The first-order valence-electron chi connectivity index (χ1n) is 22.1. The Labute approximate surface area is 377 Å². The van der Waals surface area contributed by atoms with Crippen LogP contribution in [0.3, 0.4) is 0 Å². The largest absolute Gasteiger partial charge is 0.457 e. The highest BCUT2D eigenvalue weighted by Crippen LogP contribution is 2.65. The molecule has 3 aliphatic rings. The van der Waals surface area contributed by atoms with Crippen molar-refractivity contribution < 1.29 is 4.74 Å². The Bertz CT molecular complexity index is 3450. The summed E-state index contributed by atoms with van der Waals surface area (Å²) >= 11 is 0. The van der Waals surface area contributed by atoms with Crippen molar-refractivity contribution in [1.82, 2.24) is 24.9 Å². The zero-order valence-electron chi connectivity index (χ0n) is 35.7. The van der Waals surface area contributed by atoms with Gasteiger partial charge in [0.2, 0.25) is 0 Å². The van der Waals surface area contributed by atoms with Crippen molar-refractivity contribution in [3.63, 3.8) is 0 Å². The highest BCUT2D eigenvalue weighted by atomic mass is 16.5. The summed E-state index contributed by atoms with van der Waals surface area (Å²) in [5.41, 5.74) is 15.5. The molecule has 1 spiro atoms. The minimum absolute atomic E-state index is 0.373. The molecular formula is C59H39N5O. The van der Waals surface area contributed by atoms with Crippen LogP contribution in [0, 0.1) is 0 Å². The standard InChI is InChI=1S/C59H39N5O/c1-58(2)43-30-13-12-26-39(43)50-52(60-54(61-53(50)58)36-20-6-3-7-21-36)42-29-18-27-40-49-41(57-63-55(37-22-8-4-9-23-37)62-56(64-57)38-24-10-5-11-25-38)28-19-33-46(49)59(51(40)42)44-31-14-16-34-47(44)65-48-35-17-15-32-45(48)59/h3-35H,1-2H3. The van der Waals surface area contributed by atoms with E-state index in [9.17, 15) is 0 Å². The number of benzene rings is 8. The Morgan fingerprint density at radius 1 is 0.338 bits per heavy atom. The summed E-state index contributed by atoms with van der Waals surface area (Å²) in [6.45, 7) is 4.57. The van der Waals surface area contributed by atoms with Gasteiger partial charge in [0.1, 0.15) is 11.5 Å². The molecule has 0 amide bonds. The fourth-order valence-corrected chi connectivity index (χ4v) is 10.8. The molecule has 10 aromatic rings. The Balaban J connectivity index is 1.18. The lowest BCUT2D eigenvalue weighted by Gasteiger charge is -2.40. The third kappa shape index (κ3) is 5.37. The molecule has 0 N–H and O–H groups in total. The van der Waals surface area contributed by atoms with E-state index in [1.807, 2.05) is 42.5 Å². The van der Waals surface area contributed by atoms with E-state index in [1.54, 1.807) is 0 Å². The lowest BCUT2D eigenvalue weighted by atomic mass is 9.64. The van der Waals surface area contributed by atoms with E-state index >= 15 is 0 Å². The Kier molecular flexibility index (Phi) is 8.06. The van der Waals surface area contributed by atoms with Crippen molar-refractivity contribution in [1.29, 1.82) is 0 Å². The molecule has 6 heteroatoms. The van der Waals surface area contributed by atoms with Crippen LogP contribution >= 0.6 is 0 Å². The van der Waals surface area contributed by atoms with Crippen molar-refractivity contribution in [2.75, 3.05) is 0 Å². The summed E-state index contributed by atoms with van der Waals surface area (Å²) in [5, 5.41) is 0. The van der Waals surface area contributed by atoms with Gasteiger partial charge in [-0.3, -0.25) is 0 Å². The van der Waals surface area contributed by atoms with E-state index in [2.05, 4.69) is 172 Å². The van der Waals surface area contributed by atoms with Crippen molar-refractivity contribution in [2.45, 2.75) is 24.7 Å². The summed E-state index contributed by atoms with van der Waals surface area (Å²) < 4.78 is 6.85. The van der Waals surface area contributed by atoms with E-state index in [-0.39, 0.29) is 5.41 Å². The molecule has 0 saturated carbocycles. The van der Waals surface area contributed by atoms with E-state index in [0.29, 0.717) is 23.3 Å². The minimum atomic E-state index is -0.835. The third-order valence-electron chi connectivity index (χ3n) is 13.6. The Morgan fingerprint density at radius 3 is 1.40 bits per heavy atom. The van der Waals surface area contributed by atoms with Crippen LogP contribution < -0.4 is 4.74 Å². The summed E-state index contributed by atoms with van der Waals surface area (Å²) in [5.74, 6) is 4.15. The molecule has 8 aromatic carbocycles. The molecule has 1 aliphatic heterocycles. The van der Waals surface area contributed by atoms with Gasteiger partial charge in [0, 0.05) is 49.9 Å². The number of aromatic nitrogens is 5. The van der Waals surface area contributed by atoms with Gasteiger partial charge < -0.3 is 4.74 Å². The molecule has 0 fully saturated rings. The first kappa shape index (κ1) is 37.2. The van der Waals surface area contributed by atoms with Crippen LogP contribution in [0.15, 0.2) is 200 Å². The van der Waals surface area contributed by atoms with Gasteiger partial charge in [0.25, 0.3) is 0 Å². The number of nitrogens with zero attached hydrogens (tertiary/aromatic N) is 5. The Morgan fingerprint density at radius 2 is 0.785 bits per heavy atom. The van der Waals surface area contributed by atoms with Crippen LogP contribution in [0.25, 0.3) is 79.1 Å². The van der Waals surface area contributed by atoms with Gasteiger partial charge in [-0.15, -0.1) is 0 Å². The van der Waals surface area contributed by atoms with Crippen LogP contribution in [0.1, 0.15) is 47.4 Å². The van der Waals surface area contributed by atoms with E-state index < -0.39 is 5.41 Å². The first-order chi connectivity index (χ1) is 32.0. The molecule has 13 rings (SSSR count). The maximum atomic E-state index is 6.85. The second-order valence-electron chi connectivity index (χ2n) is 17.5. The average Bonchev–Trinajstić information content (AvgIpc) is 3.80. The number of para-hydroxylation sites is 2. The molecule has 65 heavy (non-hydrogen) atoms. The van der Waals surface area contributed by atoms with Gasteiger partial charge >= 0.3 is 0 Å². The van der Waals surface area contributed by atoms with Gasteiger partial charge in [-0.25, -0.2) is 24.9 Å². The predicted molar refractivity (Wildman–Crippen MR) is 258 cm³/mol. The number of rotatable bonds is 5. The normalized spacial score (nSPS) is 14.1. The quantitative estimate of drug-likeness (QED) is 0.172. The molecule has 0 unspecified atom stereocenters. The summed E-state index contributed by atoms with van der Waals surface area (Å²) in [4.78, 5) is 26.8. The van der Waals surface area contributed by atoms with Crippen molar-refractivity contribution in [3.8, 4) is 90.6 Å². The van der Waals surface area contributed by atoms with E-state index in [0.717, 1.165) is 95.2 Å². The molecule has 3 heterocycles. The topological polar surface area (TPSA) is 73.7 Å². The van der Waals surface area contributed by atoms with Crippen LogP contribution in [-0.4, -0.2) is 24.9 Å². The van der Waals surface area contributed by atoms with Gasteiger partial charge in [0.15, 0.2) is 23.3 Å². The predicted octanol–water partition coefficient (Wildman–Crippen LogP) is 13.8. The van der Waals surface area contributed by atoms with Gasteiger partial charge in [-0.05, 0) is 45.5 Å². The van der Waals surface area contributed by atoms with Crippen LogP contribution in [0.2, 0.25) is 0 Å². The molecule has 6 nitrogen and oxygen atoms in total. The van der Waals surface area contributed by atoms with Gasteiger partial charge in [-0.2, -0.15) is 0 Å². The minimum Gasteiger partial charge on any atom is -0.457 e. The fraction of sp³-hybridized carbons (Fsp3) is 0.0678. The fourth-order valence-electron chi connectivity index (χ4n) is 10.8. The first-order valence-corrected chi connectivity index (χ1v) is 22.1. The Hall–Kier alpha value is -8.35. The molecule has 2 aliphatic carbocycles. The monoisotopic (exact) mass is 833 g/mol. The lowest BCUT2D eigenvalue weighted by Crippen LogP contribution is -2.32. The zero-order chi connectivity index (χ0) is 43.3. The van der Waals surface area contributed by atoms with Crippen molar-refractivity contribution in [2.24, 2.45) is 0 Å². The lowest BCUT2D eigenvalue weighted by molar-refractivity contribution is 0.436. The summed E-state index contributed by atoms with van der Waals surface area (Å²) in [6, 6.07) is 69.8. The van der Waals surface area contributed by atoms with E-state index in [4.69, 9.17) is 29.7 Å². The maximum Gasteiger partial charge on any atom is 0.164 e. The van der Waals surface area contributed by atoms with Crippen LogP contribution in [-0.2, 0) is 10.8 Å². The molecular weight excluding hydrogens is 795 g/mol. The zero-order valence-corrected chi connectivity index (χ0v) is 35.7. The third-order valence-corrected chi connectivity index (χ3v) is 13.6. The van der Waals surface area contributed by atoms with Crippen LogP contribution in [0.4, 0.5) is 0 Å². The molecule has 0 atom stereocenters. The average molecular weight is 834 g/mol. The van der Waals surface area contributed by atoms with Crippen LogP contribution in [0.5, 0.6) is 11.5 Å². The second-order valence-corrected chi connectivity index (χ2v) is 17.5. The molecule has 0 radical (unpaired) electrons. The maximum absolute atomic E-state index is 6.85. The molecule has 0 saturated heterocycles. The van der Waals surface area contributed by atoms with Gasteiger partial charge in [0.05, 0.1) is 16.8 Å². The molecule has 306 valence electrons. The molecule has 2 aromatic heterocycles. The molecule has 0 bridgehead atoms. The van der Waals surface area contributed by atoms with Crippen molar-refractivity contribution in [3.05, 3.63) is 234 Å². The van der Waals surface area contributed by atoms with Crippen molar-refractivity contribution >= 4 is 0 Å². The van der Waals surface area contributed by atoms with E-state index in [1.165, 1.54) is 5.56 Å². The van der Waals surface area contributed by atoms with Gasteiger partial charge in [-0.1, -0.05) is 202 Å². The number of ether oxygens (including phenoxy) is 1. The SMILES string of the molecule is CC1(C)c2ccccc2-c2c(-c3cccc4c3C3(c5ccccc5Oc5ccccc53)c3cccc(-c5nc(-c6ccccc6)nc(-c6ccccc6)n5)c3-4)nc(-c3ccccc3)nc21. The summed E-state index contributed by atoms with van der Waals surface area (Å²) in [7, 11) is 0.